The number of nitrogens with one attached hydrogen (secondary N) is 1. The monoisotopic (exact) mass is 433 g/mol. The number of thiophene rings is 1. The third-order valence-electron chi connectivity index (χ3n) is 2.68. The van der Waals surface area contributed by atoms with Crippen LogP contribution in [0.1, 0.15) is 20.3 Å². The van der Waals surface area contributed by atoms with Gasteiger partial charge in [0.1, 0.15) is 10.9 Å². The smallest absolute Gasteiger partial charge is 0.322 e. The van der Waals surface area contributed by atoms with Crippen molar-refractivity contribution in [3.8, 4) is 0 Å². The second-order valence-corrected chi connectivity index (χ2v) is 9.44. The second-order valence-electron chi connectivity index (χ2n) is 4.01. The summed E-state index contributed by atoms with van der Waals surface area (Å²) < 4.78 is 27.7. The molecule has 0 aromatic carbocycles. The van der Waals surface area contributed by atoms with Crippen molar-refractivity contribution in [3.05, 3.63) is 13.6 Å². The molecule has 2 atom stereocenters. The van der Waals surface area contributed by atoms with Gasteiger partial charge in [0, 0.05) is 0 Å². The minimum atomic E-state index is -3.87. The van der Waals surface area contributed by atoms with Crippen molar-refractivity contribution in [1.29, 1.82) is 0 Å². The number of rotatable bonds is 6. The number of aliphatic carboxylic acids is 1. The maximum Gasteiger partial charge on any atom is 0.322 e. The lowest BCUT2D eigenvalue weighted by Crippen LogP contribution is -2.44. The first-order valence-corrected chi connectivity index (χ1v) is 9.27. The van der Waals surface area contributed by atoms with Crippen molar-refractivity contribution >= 4 is 59.2 Å². The lowest BCUT2D eigenvalue weighted by Gasteiger charge is -2.19. The zero-order chi connectivity index (χ0) is 14.8. The molecule has 0 spiro atoms. The van der Waals surface area contributed by atoms with E-state index in [-0.39, 0.29) is 10.8 Å². The molecule has 1 aromatic rings. The Hall–Kier alpha value is 0.0400. The van der Waals surface area contributed by atoms with Gasteiger partial charge in [0.2, 0.25) is 10.0 Å². The molecule has 0 aliphatic rings. The summed E-state index contributed by atoms with van der Waals surface area (Å²) in [5.74, 6) is -1.48. The van der Waals surface area contributed by atoms with E-state index >= 15 is 0 Å². The van der Waals surface area contributed by atoms with Gasteiger partial charge in [0.05, 0.1) is 7.57 Å². The van der Waals surface area contributed by atoms with Crippen LogP contribution in [0.5, 0.6) is 0 Å². The highest BCUT2D eigenvalue weighted by atomic mass is 79.9. The molecule has 0 amide bonds. The first-order valence-electron chi connectivity index (χ1n) is 5.39. The van der Waals surface area contributed by atoms with Gasteiger partial charge >= 0.3 is 5.97 Å². The van der Waals surface area contributed by atoms with Crippen LogP contribution >= 0.6 is 43.2 Å². The second kappa shape index (κ2) is 6.66. The molecule has 19 heavy (non-hydrogen) atoms. The van der Waals surface area contributed by atoms with Crippen molar-refractivity contribution in [1.82, 2.24) is 4.72 Å². The first kappa shape index (κ1) is 17.1. The normalized spacial score (nSPS) is 15.2. The summed E-state index contributed by atoms with van der Waals surface area (Å²) >= 11 is 7.56. The van der Waals surface area contributed by atoms with Crippen LogP contribution in [0.15, 0.2) is 18.5 Å². The highest BCUT2D eigenvalue weighted by Crippen LogP contribution is 2.34. The van der Waals surface area contributed by atoms with E-state index in [0.717, 1.165) is 0 Å². The van der Waals surface area contributed by atoms with Gasteiger partial charge < -0.3 is 5.11 Å². The number of carbonyl (C=O) groups is 1. The van der Waals surface area contributed by atoms with E-state index in [9.17, 15) is 13.2 Å². The molecule has 108 valence electrons. The summed E-state index contributed by atoms with van der Waals surface area (Å²) in [5, 5.41) is 9.11. The van der Waals surface area contributed by atoms with E-state index in [1.807, 2.05) is 6.92 Å². The van der Waals surface area contributed by atoms with Crippen LogP contribution in [0.4, 0.5) is 0 Å². The molecule has 5 nitrogen and oxygen atoms in total. The summed E-state index contributed by atoms with van der Waals surface area (Å²) in [6.45, 7) is 3.51. The quantitative estimate of drug-likeness (QED) is 0.720. The largest absolute Gasteiger partial charge is 0.480 e. The van der Waals surface area contributed by atoms with Crippen LogP contribution < -0.4 is 4.72 Å². The molecule has 2 unspecified atom stereocenters. The molecule has 0 saturated carbocycles. The molecule has 0 saturated heterocycles. The third kappa shape index (κ3) is 4.25. The van der Waals surface area contributed by atoms with Crippen molar-refractivity contribution in [2.45, 2.75) is 31.2 Å². The van der Waals surface area contributed by atoms with E-state index in [1.54, 1.807) is 6.92 Å². The van der Waals surface area contributed by atoms with Gasteiger partial charge in [-0.2, -0.15) is 4.72 Å². The summed E-state index contributed by atoms with van der Waals surface area (Å²) in [6.07, 6.45) is 0.563. The van der Waals surface area contributed by atoms with Crippen LogP contribution in [0.25, 0.3) is 0 Å². The molecule has 1 heterocycles. The van der Waals surface area contributed by atoms with E-state index in [0.29, 0.717) is 14.0 Å². The van der Waals surface area contributed by atoms with Gasteiger partial charge in [-0.15, -0.1) is 11.3 Å². The van der Waals surface area contributed by atoms with Crippen LogP contribution in [-0.4, -0.2) is 25.5 Å². The zero-order valence-electron chi connectivity index (χ0n) is 10.2. The standard InChI is InChI=1S/C10H13Br2NO4S2/c1-3-5(2)8(10(14)15)13-19(16,17)6-4-7(11)18-9(6)12/h4-5,8,13H,3H2,1-2H3,(H,14,15). The van der Waals surface area contributed by atoms with Gasteiger partial charge in [-0.05, 0) is 43.8 Å². The van der Waals surface area contributed by atoms with Crippen molar-refractivity contribution < 1.29 is 18.3 Å². The molecule has 0 radical (unpaired) electrons. The molecule has 0 fully saturated rings. The predicted octanol–water partition coefficient (Wildman–Crippen LogP) is 3.05. The van der Waals surface area contributed by atoms with Crippen molar-refractivity contribution in [2.75, 3.05) is 0 Å². The molecule has 0 aliphatic carbocycles. The number of carboxylic acids is 1. The molecule has 0 aliphatic heterocycles. The van der Waals surface area contributed by atoms with E-state index in [2.05, 4.69) is 36.6 Å². The Labute approximate surface area is 132 Å². The van der Waals surface area contributed by atoms with Crippen LogP contribution in [0.2, 0.25) is 0 Å². The molecule has 1 rings (SSSR count). The van der Waals surface area contributed by atoms with Gasteiger partial charge in [0.25, 0.3) is 0 Å². The Balaban J connectivity index is 3.08. The van der Waals surface area contributed by atoms with Crippen LogP contribution in [0.3, 0.4) is 0 Å². The van der Waals surface area contributed by atoms with Gasteiger partial charge in [-0.1, -0.05) is 20.3 Å². The number of sulfonamides is 1. The maximum absolute atomic E-state index is 12.2. The third-order valence-corrected chi connectivity index (χ3v) is 6.87. The lowest BCUT2D eigenvalue weighted by atomic mass is 10.0. The predicted molar refractivity (Wildman–Crippen MR) is 80.9 cm³/mol. The minimum Gasteiger partial charge on any atom is -0.480 e. The molecular formula is C10H13Br2NO4S2. The van der Waals surface area contributed by atoms with E-state index in [4.69, 9.17) is 5.11 Å². The Kier molecular flexibility index (Phi) is 5.99. The summed E-state index contributed by atoms with van der Waals surface area (Å²) in [4.78, 5) is 11.2. The Bertz CT molecular complexity index is 570. The lowest BCUT2D eigenvalue weighted by molar-refractivity contribution is -0.140. The zero-order valence-corrected chi connectivity index (χ0v) is 15.0. The topological polar surface area (TPSA) is 83.5 Å². The number of halogens is 2. The molecule has 1 aromatic heterocycles. The van der Waals surface area contributed by atoms with Gasteiger partial charge in [0.15, 0.2) is 0 Å². The SMILES string of the molecule is CCC(C)C(NS(=O)(=O)c1cc(Br)sc1Br)C(=O)O. The fraction of sp³-hybridized carbons (Fsp3) is 0.500. The molecule has 2 N–H and O–H groups in total. The molecule has 9 heteroatoms. The number of carboxylic acid groups (broad SMARTS) is 1. The van der Waals surface area contributed by atoms with Gasteiger partial charge in [-0.25, -0.2) is 8.42 Å². The minimum absolute atomic E-state index is 0.0407. The van der Waals surface area contributed by atoms with Crippen LogP contribution in [0, 0.1) is 5.92 Å². The Morgan fingerprint density at radius 3 is 2.47 bits per heavy atom. The average Bonchev–Trinajstić information content (AvgIpc) is 2.65. The van der Waals surface area contributed by atoms with Gasteiger partial charge in [-0.3, -0.25) is 4.79 Å². The molecular weight excluding hydrogens is 422 g/mol. The Morgan fingerprint density at radius 2 is 2.11 bits per heavy atom. The highest BCUT2D eigenvalue weighted by Gasteiger charge is 2.31. The van der Waals surface area contributed by atoms with Crippen molar-refractivity contribution in [3.63, 3.8) is 0 Å². The highest BCUT2D eigenvalue weighted by molar-refractivity contribution is 9.12. The maximum atomic E-state index is 12.2. The van der Waals surface area contributed by atoms with E-state index < -0.39 is 22.0 Å². The number of hydrogen-bond acceptors (Lipinski definition) is 4. The Morgan fingerprint density at radius 1 is 1.53 bits per heavy atom. The van der Waals surface area contributed by atoms with Crippen molar-refractivity contribution in [2.24, 2.45) is 5.92 Å². The fourth-order valence-corrected chi connectivity index (χ4v) is 6.49. The summed E-state index contributed by atoms with van der Waals surface area (Å²) in [7, 11) is -3.87. The fourth-order valence-electron chi connectivity index (χ4n) is 1.38. The summed E-state index contributed by atoms with van der Waals surface area (Å²) in [5.41, 5.74) is 0. The summed E-state index contributed by atoms with van der Waals surface area (Å²) in [6, 6.07) is 0.299. The van der Waals surface area contributed by atoms with E-state index in [1.165, 1.54) is 17.4 Å². The average molecular weight is 435 g/mol. The molecule has 0 bridgehead atoms. The van der Waals surface area contributed by atoms with Crippen LogP contribution in [-0.2, 0) is 14.8 Å². The number of hydrogen-bond donors (Lipinski definition) is 2. The first-order chi connectivity index (χ1) is 8.69.